The molecule has 0 bridgehead atoms. The van der Waals surface area contributed by atoms with Gasteiger partial charge in [-0.15, -0.1) is 0 Å². The molecule has 1 N–H and O–H groups in total. The molecule has 0 saturated carbocycles. The van der Waals surface area contributed by atoms with Gasteiger partial charge in [0.15, 0.2) is 0 Å². The summed E-state index contributed by atoms with van der Waals surface area (Å²) in [5.74, 6) is 0.719. The minimum Gasteiger partial charge on any atom is -0.497 e. The summed E-state index contributed by atoms with van der Waals surface area (Å²) < 4.78 is 16.4. The number of fused-ring (bicyclic) bond motifs is 2. The van der Waals surface area contributed by atoms with Crippen LogP contribution in [0.2, 0.25) is 0 Å². The van der Waals surface area contributed by atoms with Crippen molar-refractivity contribution in [1.29, 1.82) is 0 Å². The molecule has 3 aromatic carbocycles. The first-order valence-corrected chi connectivity index (χ1v) is 10.0. The quantitative estimate of drug-likeness (QED) is 0.394. The first-order valence-electron chi connectivity index (χ1n) is 10.0. The third-order valence-corrected chi connectivity index (χ3v) is 5.49. The summed E-state index contributed by atoms with van der Waals surface area (Å²) in [6.45, 7) is 0. The summed E-state index contributed by atoms with van der Waals surface area (Å²) in [6.07, 6.45) is 0. The van der Waals surface area contributed by atoms with E-state index in [1.165, 1.54) is 6.07 Å². The van der Waals surface area contributed by atoms with Crippen LogP contribution in [0.5, 0.6) is 5.75 Å². The Kier molecular flexibility index (Phi) is 4.75. The van der Waals surface area contributed by atoms with Crippen LogP contribution in [0.1, 0.15) is 0 Å². The van der Waals surface area contributed by atoms with Gasteiger partial charge in [-0.25, -0.2) is 9.59 Å². The minimum atomic E-state index is -0.504. The molecule has 158 valence electrons. The standard InChI is InChI=1S/C26H19NO5/c1-27-17-9-6-16-12-22(26(29)31-23(16)13-17)20-5-3-4-19-21(14-24(28)32-25(19)20)15-7-10-18(30-2)11-8-15/h3-14,27H,1-2H3. The van der Waals surface area contributed by atoms with E-state index < -0.39 is 11.3 Å². The second-order valence-corrected chi connectivity index (χ2v) is 7.34. The molecule has 0 aliphatic carbocycles. The molecule has 0 atom stereocenters. The Morgan fingerprint density at radius 1 is 0.812 bits per heavy atom. The SMILES string of the molecule is CNc1ccc2cc(-c3cccc4c(-c5ccc(OC)cc5)cc(=O)oc34)c(=O)oc2c1. The van der Waals surface area contributed by atoms with Crippen LogP contribution in [0.25, 0.3) is 44.2 Å². The third-order valence-electron chi connectivity index (χ3n) is 5.49. The summed E-state index contributed by atoms with van der Waals surface area (Å²) in [7, 11) is 3.40. The van der Waals surface area contributed by atoms with Gasteiger partial charge in [-0.3, -0.25) is 0 Å². The van der Waals surface area contributed by atoms with Crippen molar-refractivity contribution in [1.82, 2.24) is 0 Å². The lowest BCUT2D eigenvalue weighted by molar-refractivity contribution is 0.415. The maximum absolute atomic E-state index is 12.9. The summed E-state index contributed by atoms with van der Waals surface area (Å²) in [5, 5.41) is 4.51. The lowest BCUT2D eigenvalue weighted by atomic mass is 9.97. The lowest BCUT2D eigenvalue weighted by Gasteiger charge is -2.10. The van der Waals surface area contributed by atoms with E-state index in [4.69, 9.17) is 13.6 Å². The van der Waals surface area contributed by atoms with Crippen LogP contribution >= 0.6 is 0 Å². The van der Waals surface area contributed by atoms with E-state index in [1.807, 2.05) is 48.5 Å². The second kappa shape index (κ2) is 7.74. The number of benzene rings is 3. The highest BCUT2D eigenvalue weighted by Crippen LogP contribution is 2.34. The number of rotatable bonds is 4. The van der Waals surface area contributed by atoms with E-state index in [-0.39, 0.29) is 0 Å². The molecule has 0 radical (unpaired) electrons. The zero-order chi connectivity index (χ0) is 22.2. The normalized spacial score (nSPS) is 11.1. The van der Waals surface area contributed by atoms with Crippen LogP contribution < -0.4 is 21.3 Å². The van der Waals surface area contributed by atoms with Gasteiger partial charge >= 0.3 is 11.3 Å². The molecular formula is C26H19NO5. The van der Waals surface area contributed by atoms with Gasteiger partial charge in [0.25, 0.3) is 0 Å². The number of methoxy groups -OCH3 is 1. The molecular weight excluding hydrogens is 406 g/mol. The molecule has 0 aliphatic heterocycles. The van der Waals surface area contributed by atoms with Crippen LogP contribution in [-0.2, 0) is 0 Å². The van der Waals surface area contributed by atoms with Gasteiger partial charge < -0.3 is 18.9 Å². The summed E-state index contributed by atoms with van der Waals surface area (Å²) in [4.78, 5) is 25.3. The molecule has 6 heteroatoms. The van der Waals surface area contributed by atoms with Crippen molar-refractivity contribution in [3.8, 4) is 28.0 Å². The molecule has 2 aromatic heterocycles. The molecule has 0 amide bonds. The predicted molar refractivity (Wildman–Crippen MR) is 125 cm³/mol. The number of hydrogen-bond donors (Lipinski definition) is 1. The van der Waals surface area contributed by atoms with E-state index in [0.717, 1.165) is 27.8 Å². The maximum atomic E-state index is 12.9. The Morgan fingerprint density at radius 2 is 1.62 bits per heavy atom. The fourth-order valence-corrected chi connectivity index (χ4v) is 3.86. The molecule has 0 fully saturated rings. The Balaban J connectivity index is 1.75. The van der Waals surface area contributed by atoms with Crippen molar-refractivity contribution in [2.75, 3.05) is 19.5 Å². The second-order valence-electron chi connectivity index (χ2n) is 7.34. The van der Waals surface area contributed by atoms with E-state index in [0.29, 0.717) is 27.9 Å². The molecule has 0 aliphatic rings. The van der Waals surface area contributed by atoms with Gasteiger partial charge in [-0.05, 0) is 41.5 Å². The van der Waals surface area contributed by atoms with Crippen LogP contribution in [0.4, 0.5) is 5.69 Å². The summed E-state index contributed by atoms with van der Waals surface area (Å²) >= 11 is 0. The highest BCUT2D eigenvalue weighted by molar-refractivity contribution is 6.01. The predicted octanol–water partition coefficient (Wildman–Crippen LogP) is 5.28. The molecule has 0 unspecified atom stereocenters. The molecule has 2 heterocycles. The molecule has 0 saturated heterocycles. The molecule has 5 aromatic rings. The number of nitrogens with one attached hydrogen (secondary N) is 1. The van der Waals surface area contributed by atoms with Gasteiger partial charge in [0.2, 0.25) is 0 Å². The minimum absolute atomic E-state index is 0.329. The number of hydrogen-bond acceptors (Lipinski definition) is 6. The Morgan fingerprint density at radius 3 is 2.38 bits per heavy atom. The Bertz CT molecular complexity index is 1580. The first kappa shape index (κ1) is 19.6. The Labute approximate surface area is 182 Å². The van der Waals surface area contributed by atoms with Crippen LogP contribution in [-0.4, -0.2) is 14.2 Å². The van der Waals surface area contributed by atoms with Gasteiger partial charge in [0, 0.05) is 41.2 Å². The van der Waals surface area contributed by atoms with E-state index in [2.05, 4.69) is 5.32 Å². The topological polar surface area (TPSA) is 81.7 Å². The van der Waals surface area contributed by atoms with Crippen molar-refractivity contribution >= 4 is 27.6 Å². The molecule has 6 nitrogen and oxygen atoms in total. The van der Waals surface area contributed by atoms with Gasteiger partial charge in [-0.1, -0.05) is 30.3 Å². The van der Waals surface area contributed by atoms with Gasteiger partial charge in [-0.2, -0.15) is 0 Å². The van der Waals surface area contributed by atoms with Crippen LogP contribution in [0, 0.1) is 0 Å². The lowest BCUT2D eigenvalue weighted by Crippen LogP contribution is -2.05. The third kappa shape index (κ3) is 3.32. The molecule has 32 heavy (non-hydrogen) atoms. The molecule has 5 rings (SSSR count). The largest absolute Gasteiger partial charge is 0.497 e. The van der Waals surface area contributed by atoms with Crippen molar-refractivity contribution in [2.24, 2.45) is 0 Å². The van der Waals surface area contributed by atoms with Crippen molar-refractivity contribution in [3.05, 3.63) is 93.6 Å². The fourth-order valence-electron chi connectivity index (χ4n) is 3.86. The highest BCUT2D eigenvalue weighted by Gasteiger charge is 2.16. The van der Waals surface area contributed by atoms with Crippen LogP contribution in [0.15, 0.2) is 91.2 Å². The number of para-hydroxylation sites is 1. The molecule has 0 spiro atoms. The smallest absolute Gasteiger partial charge is 0.344 e. The van der Waals surface area contributed by atoms with Crippen LogP contribution in [0.3, 0.4) is 0 Å². The maximum Gasteiger partial charge on any atom is 0.344 e. The average molecular weight is 425 g/mol. The van der Waals surface area contributed by atoms with E-state index >= 15 is 0 Å². The van der Waals surface area contributed by atoms with Gasteiger partial charge in [0.1, 0.15) is 16.9 Å². The van der Waals surface area contributed by atoms with E-state index in [9.17, 15) is 9.59 Å². The van der Waals surface area contributed by atoms with Gasteiger partial charge in [0.05, 0.1) is 12.7 Å². The Hall–Kier alpha value is -4.32. The fraction of sp³-hybridized carbons (Fsp3) is 0.0769. The van der Waals surface area contributed by atoms with Crippen molar-refractivity contribution in [2.45, 2.75) is 0 Å². The first-order chi connectivity index (χ1) is 15.6. The zero-order valence-corrected chi connectivity index (χ0v) is 17.5. The average Bonchev–Trinajstić information content (AvgIpc) is 2.82. The number of ether oxygens (including phenoxy) is 1. The summed E-state index contributed by atoms with van der Waals surface area (Å²) in [5.41, 5.74) is 3.04. The van der Waals surface area contributed by atoms with Crippen molar-refractivity contribution < 1.29 is 13.6 Å². The summed E-state index contributed by atoms with van der Waals surface area (Å²) in [6, 6.07) is 21.6. The number of anilines is 1. The van der Waals surface area contributed by atoms with Crippen molar-refractivity contribution in [3.63, 3.8) is 0 Å². The zero-order valence-electron chi connectivity index (χ0n) is 17.5. The highest BCUT2D eigenvalue weighted by atomic mass is 16.5. The monoisotopic (exact) mass is 425 g/mol. The van der Waals surface area contributed by atoms with E-state index in [1.54, 1.807) is 32.4 Å².